The summed E-state index contributed by atoms with van der Waals surface area (Å²) in [6, 6.07) is 7.14. The lowest BCUT2D eigenvalue weighted by atomic mass is 10.3. The topological polar surface area (TPSA) is 93.3 Å². The van der Waals surface area contributed by atoms with Crippen molar-refractivity contribution in [1.29, 1.82) is 0 Å². The van der Waals surface area contributed by atoms with Crippen LogP contribution in [0.4, 0.5) is 0 Å². The number of nitrogens with one attached hydrogen (secondary N) is 2. The van der Waals surface area contributed by atoms with Crippen molar-refractivity contribution in [2.24, 2.45) is 0 Å². The second-order valence-electron chi connectivity index (χ2n) is 4.08. The fourth-order valence-corrected chi connectivity index (χ4v) is 1.56. The van der Waals surface area contributed by atoms with Crippen LogP contribution in [0.3, 0.4) is 0 Å². The number of nitrogens with zero attached hydrogens (tertiary/aromatic N) is 1. The molecule has 7 heteroatoms. The first-order valence-corrected chi connectivity index (χ1v) is 6.29. The normalized spacial score (nSPS) is 9.95. The molecular formula is C14H15N3O4. The maximum atomic E-state index is 11.7. The van der Waals surface area contributed by atoms with Gasteiger partial charge in [-0.2, -0.15) is 0 Å². The van der Waals surface area contributed by atoms with E-state index in [4.69, 9.17) is 9.47 Å². The summed E-state index contributed by atoms with van der Waals surface area (Å²) in [5.41, 5.74) is -0.201. The van der Waals surface area contributed by atoms with E-state index in [2.05, 4.69) is 15.3 Å². The number of hydrogen-bond donors (Lipinski definition) is 2. The molecule has 0 bridgehead atoms. The summed E-state index contributed by atoms with van der Waals surface area (Å²) in [5, 5.41) is 2.64. The first kappa shape index (κ1) is 14.6. The third-order valence-corrected chi connectivity index (χ3v) is 2.62. The highest BCUT2D eigenvalue weighted by Crippen LogP contribution is 2.16. The summed E-state index contributed by atoms with van der Waals surface area (Å²) in [4.78, 5) is 28.6. The number of H-pyrrole nitrogens is 1. The van der Waals surface area contributed by atoms with E-state index in [1.807, 2.05) is 0 Å². The van der Waals surface area contributed by atoms with Gasteiger partial charge in [0, 0.05) is 6.20 Å². The van der Waals surface area contributed by atoms with Crippen LogP contribution in [0.15, 0.2) is 41.5 Å². The Morgan fingerprint density at radius 3 is 2.62 bits per heavy atom. The van der Waals surface area contributed by atoms with Crippen molar-refractivity contribution >= 4 is 5.91 Å². The molecule has 0 unspecified atom stereocenters. The van der Waals surface area contributed by atoms with E-state index in [0.717, 1.165) is 11.9 Å². The summed E-state index contributed by atoms with van der Waals surface area (Å²) in [6.45, 7) is 0.646. The minimum Gasteiger partial charge on any atom is -0.497 e. The number of ether oxygens (including phenoxy) is 2. The fraction of sp³-hybridized carbons (Fsp3) is 0.214. The minimum absolute atomic E-state index is 0.152. The van der Waals surface area contributed by atoms with E-state index in [0.29, 0.717) is 18.9 Å². The third-order valence-electron chi connectivity index (χ3n) is 2.62. The average Bonchev–Trinajstić information content (AvgIpc) is 2.52. The molecule has 1 aromatic carbocycles. The maximum Gasteiger partial charge on any atom is 0.271 e. The predicted octanol–water partition coefficient (Wildman–Crippen LogP) is 0.587. The Balaban J connectivity index is 1.75. The molecule has 2 N–H and O–H groups in total. The molecule has 21 heavy (non-hydrogen) atoms. The zero-order chi connectivity index (χ0) is 15.1. The zero-order valence-electron chi connectivity index (χ0n) is 11.5. The van der Waals surface area contributed by atoms with Crippen LogP contribution in [-0.2, 0) is 0 Å². The molecule has 110 valence electrons. The molecule has 2 rings (SSSR count). The summed E-state index contributed by atoms with van der Waals surface area (Å²) in [6.07, 6.45) is 2.32. The first-order chi connectivity index (χ1) is 10.2. The van der Waals surface area contributed by atoms with E-state index in [1.165, 1.54) is 6.20 Å². The lowest BCUT2D eigenvalue weighted by Crippen LogP contribution is -2.29. The molecule has 0 aliphatic rings. The molecule has 0 fully saturated rings. The van der Waals surface area contributed by atoms with E-state index in [9.17, 15) is 9.59 Å². The molecule has 2 aromatic rings. The molecule has 0 saturated carbocycles. The number of aromatic amines is 1. The van der Waals surface area contributed by atoms with Crippen LogP contribution in [0.25, 0.3) is 0 Å². The van der Waals surface area contributed by atoms with Gasteiger partial charge in [0.25, 0.3) is 11.5 Å². The summed E-state index contributed by atoms with van der Waals surface area (Å²) in [7, 11) is 1.59. The molecule has 0 aliphatic heterocycles. The molecule has 1 heterocycles. The molecule has 0 spiro atoms. The highest BCUT2D eigenvalue weighted by atomic mass is 16.5. The molecule has 0 saturated heterocycles. The average molecular weight is 289 g/mol. The number of benzene rings is 1. The molecule has 7 nitrogen and oxygen atoms in total. The van der Waals surface area contributed by atoms with E-state index in [-0.39, 0.29) is 17.2 Å². The maximum absolute atomic E-state index is 11.7. The lowest BCUT2D eigenvalue weighted by molar-refractivity contribution is 0.0941. The van der Waals surface area contributed by atoms with Crippen molar-refractivity contribution in [3.05, 3.63) is 52.7 Å². The number of amides is 1. The molecular weight excluding hydrogens is 274 g/mol. The number of hydrogen-bond acceptors (Lipinski definition) is 5. The molecule has 0 radical (unpaired) electrons. The van der Waals surface area contributed by atoms with Gasteiger partial charge in [0.05, 0.1) is 19.9 Å². The molecule has 0 atom stereocenters. The van der Waals surface area contributed by atoms with E-state index >= 15 is 0 Å². The zero-order valence-corrected chi connectivity index (χ0v) is 11.5. The highest BCUT2D eigenvalue weighted by Gasteiger charge is 2.06. The summed E-state index contributed by atoms with van der Waals surface area (Å²) >= 11 is 0. The second-order valence-corrected chi connectivity index (χ2v) is 4.08. The third kappa shape index (κ3) is 4.34. The van der Waals surface area contributed by atoms with Crippen LogP contribution in [0.5, 0.6) is 11.5 Å². The Hall–Kier alpha value is -2.83. The number of aromatic nitrogens is 2. The van der Waals surface area contributed by atoms with Gasteiger partial charge in [-0.15, -0.1) is 0 Å². The number of rotatable bonds is 6. The van der Waals surface area contributed by atoms with E-state index < -0.39 is 0 Å². The first-order valence-electron chi connectivity index (χ1n) is 6.29. The van der Waals surface area contributed by atoms with Crippen LogP contribution < -0.4 is 20.3 Å². The van der Waals surface area contributed by atoms with Gasteiger partial charge in [0.15, 0.2) is 0 Å². The second kappa shape index (κ2) is 7.09. The highest BCUT2D eigenvalue weighted by molar-refractivity contribution is 5.91. The minimum atomic E-state index is -0.371. The lowest BCUT2D eigenvalue weighted by Gasteiger charge is -2.08. The van der Waals surface area contributed by atoms with Gasteiger partial charge in [0.2, 0.25) is 0 Å². The van der Waals surface area contributed by atoms with Crippen LogP contribution >= 0.6 is 0 Å². The van der Waals surface area contributed by atoms with Crippen molar-refractivity contribution in [3.63, 3.8) is 0 Å². The predicted molar refractivity (Wildman–Crippen MR) is 75.7 cm³/mol. The quantitative estimate of drug-likeness (QED) is 0.759. The van der Waals surface area contributed by atoms with Crippen LogP contribution in [-0.4, -0.2) is 36.1 Å². The molecule has 1 amide bonds. The van der Waals surface area contributed by atoms with Crippen molar-refractivity contribution in [2.45, 2.75) is 0 Å². The van der Waals surface area contributed by atoms with Crippen LogP contribution in [0, 0.1) is 0 Å². The molecule has 0 aliphatic carbocycles. The van der Waals surface area contributed by atoms with Gasteiger partial charge in [-0.1, -0.05) is 0 Å². The Kier molecular flexibility index (Phi) is 4.92. The van der Waals surface area contributed by atoms with Crippen molar-refractivity contribution in [2.75, 3.05) is 20.3 Å². The summed E-state index contributed by atoms with van der Waals surface area (Å²) < 4.78 is 10.5. The number of carbonyl (C=O) groups is 1. The van der Waals surface area contributed by atoms with Crippen molar-refractivity contribution in [3.8, 4) is 11.5 Å². The van der Waals surface area contributed by atoms with Gasteiger partial charge < -0.3 is 19.8 Å². The Bertz CT molecular complexity index is 632. The van der Waals surface area contributed by atoms with Crippen molar-refractivity contribution in [1.82, 2.24) is 15.3 Å². The molecule has 1 aromatic heterocycles. The Labute approximate surface area is 120 Å². The SMILES string of the molecule is COc1ccc(OCCNC(=O)c2c[nH]c(=O)cn2)cc1. The van der Waals surface area contributed by atoms with Crippen LogP contribution in [0.2, 0.25) is 0 Å². The van der Waals surface area contributed by atoms with Gasteiger partial charge in [-0.3, -0.25) is 9.59 Å². The fourth-order valence-electron chi connectivity index (χ4n) is 1.56. The van der Waals surface area contributed by atoms with Gasteiger partial charge in [0.1, 0.15) is 23.8 Å². The number of carbonyl (C=O) groups excluding carboxylic acids is 1. The van der Waals surface area contributed by atoms with Crippen LogP contribution in [0.1, 0.15) is 10.5 Å². The van der Waals surface area contributed by atoms with Crippen molar-refractivity contribution < 1.29 is 14.3 Å². The number of methoxy groups -OCH3 is 1. The van der Waals surface area contributed by atoms with Gasteiger partial charge >= 0.3 is 0 Å². The monoisotopic (exact) mass is 289 g/mol. The van der Waals surface area contributed by atoms with Gasteiger partial charge in [-0.25, -0.2) is 4.98 Å². The largest absolute Gasteiger partial charge is 0.497 e. The Morgan fingerprint density at radius 1 is 1.29 bits per heavy atom. The smallest absolute Gasteiger partial charge is 0.271 e. The Morgan fingerprint density at radius 2 is 2.00 bits per heavy atom. The van der Waals surface area contributed by atoms with Gasteiger partial charge in [-0.05, 0) is 24.3 Å². The summed E-state index contributed by atoms with van der Waals surface area (Å²) in [5.74, 6) is 1.07. The van der Waals surface area contributed by atoms with E-state index in [1.54, 1.807) is 31.4 Å². The standard InChI is InChI=1S/C14H15N3O4/c1-20-10-2-4-11(5-3-10)21-7-6-15-14(19)12-8-17-13(18)9-16-12/h2-5,8-9H,6-7H2,1H3,(H,15,19)(H,17,18).